The van der Waals surface area contributed by atoms with Crippen LogP contribution in [0.25, 0.3) is 0 Å². The summed E-state index contributed by atoms with van der Waals surface area (Å²) in [5.41, 5.74) is 5.85. The predicted molar refractivity (Wildman–Crippen MR) is 54.7 cm³/mol. The minimum atomic E-state index is 0.279. The monoisotopic (exact) mass is 186 g/mol. The molecule has 0 bridgehead atoms. The molecule has 0 radical (unpaired) electrons. The van der Waals surface area contributed by atoms with Gasteiger partial charge in [0.05, 0.1) is 0 Å². The zero-order valence-corrected chi connectivity index (χ0v) is 8.81. The van der Waals surface area contributed by atoms with E-state index in [4.69, 9.17) is 10.5 Å². The van der Waals surface area contributed by atoms with Gasteiger partial charge in [-0.3, -0.25) is 0 Å². The quantitative estimate of drug-likeness (QED) is 0.681. The molecule has 1 aliphatic heterocycles. The molecule has 1 heterocycles. The first-order chi connectivity index (χ1) is 6.16. The van der Waals surface area contributed by atoms with Crippen molar-refractivity contribution < 1.29 is 4.74 Å². The van der Waals surface area contributed by atoms with Crippen LogP contribution in [0.4, 0.5) is 0 Å². The highest BCUT2D eigenvalue weighted by Crippen LogP contribution is 2.19. The third kappa shape index (κ3) is 3.63. The van der Waals surface area contributed by atoms with Gasteiger partial charge in [0.1, 0.15) is 0 Å². The second-order valence-corrected chi connectivity index (χ2v) is 4.39. The normalized spacial score (nSPS) is 24.2. The van der Waals surface area contributed by atoms with Gasteiger partial charge >= 0.3 is 0 Å². The smallest absolute Gasteiger partial charge is 0.0483 e. The number of hydrogen-bond donors (Lipinski definition) is 2. The van der Waals surface area contributed by atoms with E-state index in [1.807, 2.05) is 0 Å². The molecule has 1 atom stereocenters. The Morgan fingerprint density at radius 3 is 2.62 bits per heavy atom. The number of rotatable bonds is 4. The van der Waals surface area contributed by atoms with E-state index < -0.39 is 0 Å². The molecule has 1 rings (SSSR count). The molecule has 3 heteroatoms. The van der Waals surface area contributed by atoms with Crippen LogP contribution in [0.5, 0.6) is 0 Å². The van der Waals surface area contributed by atoms with Crippen molar-refractivity contribution in [1.29, 1.82) is 0 Å². The van der Waals surface area contributed by atoms with E-state index in [1.54, 1.807) is 0 Å². The molecule has 0 aromatic carbocycles. The summed E-state index contributed by atoms with van der Waals surface area (Å²) in [6.07, 6.45) is 2.23. The van der Waals surface area contributed by atoms with Crippen LogP contribution in [0, 0.1) is 5.92 Å². The second-order valence-electron chi connectivity index (χ2n) is 4.39. The molecule has 1 aliphatic rings. The first-order valence-electron chi connectivity index (χ1n) is 5.19. The summed E-state index contributed by atoms with van der Waals surface area (Å²) < 4.78 is 5.33. The van der Waals surface area contributed by atoms with Crippen LogP contribution in [-0.2, 0) is 4.74 Å². The molecule has 1 fully saturated rings. The number of ether oxygens (including phenoxy) is 1. The van der Waals surface area contributed by atoms with E-state index in [0.29, 0.717) is 5.92 Å². The molecule has 3 N–H and O–H groups in total. The van der Waals surface area contributed by atoms with E-state index in [0.717, 1.165) is 39.1 Å². The largest absolute Gasteiger partial charge is 0.381 e. The molecule has 3 nitrogen and oxygen atoms in total. The Bertz CT molecular complexity index is 144. The summed E-state index contributed by atoms with van der Waals surface area (Å²) in [4.78, 5) is 0. The molecule has 0 aromatic heterocycles. The van der Waals surface area contributed by atoms with E-state index in [1.165, 1.54) is 0 Å². The van der Waals surface area contributed by atoms with Gasteiger partial charge in [-0.25, -0.2) is 0 Å². The lowest BCUT2D eigenvalue weighted by atomic mass is 9.92. The Labute approximate surface area is 81.0 Å². The molecule has 13 heavy (non-hydrogen) atoms. The molecule has 0 spiro atoms. The van der Waals surface area contributed by atoms with E-state index in [-0.39, 0.29) is 5.54 Å². The van der Waals surface area contributed by atoms with Gasteiger partial charge in [0.2, 0.25) is 0 Å². The first kappa shape index (κ1) is 11.0. The van der Waals surface area contributed by atoms with Gasteiger partial charge in [-0.1, -0.05) is 6.92 Å². The number of hydrogen-bond acceptors (Lipinski definition) is 3. The summed E-state index contributed by atoms with van der Waals surface area (Å²) in [5.74, 6) is 0.569. The van der Waals surface area contributed by atoms with Crippen molar-refractivity contribution in [2.75, 3.05) is 26.3 Å². The van der Waals surface area contributed by atoms with Gasteiger partial charge < -0.3 is 15.8 Å². The highest BCUT2D eigenvalue weighted by Gasteiger charge is 2.26. The molecule has 1 unspecified atom stereocenters. The number of nitrogens with one attached hydrogen (secondary N) is 1. The summed E-state index contributed by atoms with van der Waals surface area (Å²) in [6, 6.07) is 0. The van der Waals surface area contributed by atoms with Crippen LogP contribution in [-0.4, -0.2) is 31.8 Å². The Morgan fingerprint density at radius 1 is 1.46 bits per heavy atom. The van der Waals surface area contributed by atoms with Crippen molar-refractivity contribution in [3.05, 3.63) is 0 Å². The fourth-order valence-electron chi connectivity index (χ4n) is 1.50. The average Bonchev–Trinajstić information content (AvgIpc) is 2.15. The molecule has 1 saturated heterocycles. The van der Waals surface area contributed by atoms with Crippen LogP contribution in [0.2, 0.25) is 0 Å². The highest BCUT2D eigenvalue weighted by atomic mass is 16.5. The Hall–Kier alpha value is -0.120. The van der Waals surface area contributed by atoms with Crippen LogP contribution >= 0.6 is 0 Å². The fourth-order valence-corrected chi connectivity index (χ4v) is 1.50. The number of nitrogens with two attached hydrogens (primary N) is 1. The maximum absolute atomic E-state index is 5.57. The Morgan fingerprint density at radius 2 is 2.08 bits per heavy atom. The van der Waals surface area contributed by atoms with Crippen molar-refractivity contribution in [3.63, 3.8) is 0 Å². The second kappa shape index (κ2) is 4.94. The highest BCUT2D eigenvalue weighted by molar-refractivity contribution is 4.85. The zero-order valence-electron chi connectivity index (χ0n) is 8.81. The predicted octanol–water partition coefficient (Wildman–Crippen LogP) is 0.740. The minimum Gasteiger partial charge on any atom is -0.381 e. The molecule has 0 amide bonds. The molecular weight excluding hydrogens is 164 g/mol. The van der Waals surface area contributed by atoms with Gasteiger partial charge in [-0.05, 0) is 38.8 Å². The topological polar surface area (TPSA) is 47.3 Å². The first-order valence-corrected chi connectivity index (χ1v) is 5.19. The Balaban J connectivity index is 2.24. The minimum absolute atomic E-state index is 0.279. The van der Waals surface area contributed by atoms with Crippen molar-refractivity contribution in [3.8, 4) is 0 Å². The summed E-state index contributed by atoms with van der Waals surface area (Å²) in [7, 11) is 0. The lowest BCUT2D eigenvalue weighted by Crippen LogP contribution is -2.48. The molecule has 0 aromatic rings. The van der Waals surface area contributed by atoms with Crippen molar-refractivity contribution in [2.45, 2.75) is 32.2 Å². The Kier molecular flexibility index (Phi) is 4.16. The average molecular weight is 186 g/mol. The van der Waals surface area contributed by atoms with E-state index >= 15 is 0 Å². The fraction of sp³-hybridized carbons (Fsp3) is 1.00. The van der Waals surface area contributed by atoms with Crippen LogP contribution < -0.4 is 11.1 Å². The maximum atomic E-state index is 5.57. The summed E-state index contributed by atoms with van der Waals surface area (Å²) in [5, 5.41) is 3.59. The molecular formula is C10H22N2O. The van der Waals surface area contributed by atoms with Gasteiger partial charge in [-0.15, -0.1) is 0 Å². The third-order valence-electron chi connectivity index (χ3n) is 2.88. The zero-order chi connectivity index (χ0) is 9.73. The van der Waals surface area contributed by atoms with Gasteiger partial charge in [-0.2, -0.15) is 0 Å². The van der Waals surface area contributed by atoms with E-state index in [2.05, 4.69) is 19.2 Å². The lowest BCUT2D eigenvalue weighted by Gasteiger charge is -2.35. The van der Waals surface area contributed by atoms with Crippen LogP contribution in [0.15, 0.2) is 0 Å². The third-order valence-corrected chi connectivity index (χ3v) is 2.88. The standard InChI is InChI=1S/C10H22N2O/c1-9(7-11)8-12-10(2)3-5-13-6-4-10/h9,12H,3-8,11H2,1-2H3. The van der Waals surface area contributed by atoms with Gasteiger partial charge in [0, 0.05) is 18.8 Å². The van der Waals surface area contributed by atoms with Gasteiger partial charge in [0.15, 0.2) is 0 Å². The molecule has 0 aliphatic carbocycles. The molecule has 0 saturated carbocycles. The lowest BCUT2D eigenvalue weighted by molar-refractivity contribution is 0.0441. The van der Waals surface area contributed by atoms with Crippen molar-refractivity contribution >= 4 is 0 Å². The molecule has 78 valence electrons. The van der Waals surface area contributed by atoms with Crippen LogP contribution in [0.3, 0.4) is 0 Å². The van der Waals surface area contributed by atoms with Crippen molar-refractivity contribution in [2.24, 2.45) is 11.7 Å². The van der Waals surface area contributed by atoms with Crippen LogP contribution in [0.1, 0.15) is 26.7 Å². The SMILES string of the molecule is CC(CN)CNC1(C)CCOCC1. The van der Waals surface area contributed by atoms with E-state index in [9.17, 15) is 0 Å². The van der Waals surface area contributed by atoms with Crippen molar-refractivity contribution in [1.82, 2.24) is 5.32 Å². The van der Waals surface area contributed by atoms with Gasteiger partial charge in [0.25, 0.3) is 0 Å². The summed E-state index contributed by atoms with van der Waals surface area (Å²) >= 11 is 0. The maximum Gasteiger partial charge on any atom is 0.0483 e. The summed E-state index contributed by atoms with van der Waals surface area (Å²) in [6.45, 7) is 8.02.